The fraction of sp³-hybridized carbons (Fsp3) is 0.167. The van der Waals surface area contributed by atoms with Crippen molar-refractivity contribution in [2.24, 2.45) is 0 Å². The monoisotopic (exact) mass is 513 g/mol. The number of aromatic nitrogens is 4. The lowest BCUT2D eigenvalue weighted by molar-refractivity contribution is 0.262. The highest BCUT2D eigenvalue weighted by Gasteiger charge is 2.24. The summed E-state index contributed by atoms with van der Waals surface area (Å²) in [5.74, 6) is 0.220. The number of hydrogen-bond acceptors (Lipinski definition) is 5. The van der Waals surface area contributed by atoms with E-state index >= 15 is 0 Å². The van der Waals surface area contributed by atoms with Gasteiger partial charge in [-0.1, -0.05) is 44.0 Å². The second-order valence-electron chi connectivity index (χ2n) is 8.80. The summed E-state index contributed by atoms with van der Waals surface area (Å²) in [6.07, 6.45) is 1.53. The molecule has 2 aromatic carbocycles. The van der Waals surface area contributed by atoms with Gasteiger partial charge in [0.05, 0.1) is 27.1 Å². The van der Waals surface area contributed by atoms with Gasteiger partial charge in [-0.25, -0.2) is 24.1 Å². The summed E-state index contributed by atoms with van der Waals surface area (Å²) in [6, 6.07) is 9.93. The molecule has 0 aliphatic rings. The largest absolute Gasteiger partial charge is 0.368 e. The number of hydrogen-bond donors (Lipinski definition) is 4. The number of anilines is 3. The third kappa shape index (κ3) is 5.70. The Morgan fingerprint density at radius 2 is 1.74 bits per heavy atom. The average Bonchev–Trinajstić information content (AvgIpc) is 3.22. The minimum Gasteiger partial charge on any atom is -0.368 e. The molecule has 0 bridgehead atoms. The van der Waals surface area contributed by atoms with Gasteiger partial charge >= 0.3 is 6.03 Å². The molecule has 4 rings (SSSR count). The standard InChI is InChI=1S/C24H22Cl2FN7O/c1-24(2,3)21-33-19(20(34-21)18-6-7-29-22(28)32-18)12-8-13(27)10-15(9-12)31-23(35)30-14-4-5-16(25)17(26)11-14/h4-11H,1-3H3,(H,33,34)(H2,28,29,32)(H2,30,31,35). The molecule has 0 aliphatic carbocycles. The van der Waals surface area contributed by atoms with Crippen molar-refractivity contribution in [1.29, 1.82) is 0 Å². The maximum absolute atomic E-state index is 14.6. The smallest absolute Gasteiger partial charge is 0.323 e. The number of imidazole rings is 1. The molecule has 2 heterocycles. The van der Waals surface area contributed by atoms with Crippen molar-refractivity contribution in [3.63, 3.8) is 0 Å². The Balaban J connectivity index is 1.69. The molecule has 0 radical (unpaired) electrons. The van der Waals surface area contributed by atoms with Gasteiger partial charge in [0.2, 0.25) is 5.95 Å². The van der Waals surface area contributed by atoms with Crippen molar-refractivity contribution in [2.75, 3.05) is 16.4 Å². The Morgan fingerprint density at radius 1 is 1.00 bits per heavy atom. The molecular weight excluding hydrogens is 492 g/mol. The fourth-order valence-corrected chi connectivity index (χ4v) is 3.60. The molecule has 0 aliphatic heterocycles. The van der Waals surface area contributed by atoms with Crippen LogP contribution in [0.5, 0.6) is 0 Å². The summed E-state index contributed by atoms with van der Waals surface area (Å²) in [5.41, 5.74) is 8.07. The van der Waals surface area contributed by atoms with Gasteiger partial charge in [0.1, 0.15) is 11.6 Å². The number of nitrogens with zero attached hydrogens (tertiary/aromatic N) is 3. The molecule has 0 atom stereocenters. The Labute approximate surface area is 211 Å². The zero-order chi connectivity index (χ0) is 25.3. The summed E-state index contributed by atoms with van der Waals surface area (Å²) in [7, 11) is 0. The number of carbonyl (C=O) groups is 1. The molecule has 35 heavy (non-hydrogen) atoms. The summed E-state index contributed by atoms with van der Waals surface area (Å²) in [4.78, 5) is 28.7. The van der Waals surface area contributed by atoms with Gasteiger partial charge in [-0.2, -0.15) is 0 Å². The van der Waals surface area contributed by atoms with Gasteiger partial charge in [0.15, 0.2) is 0 Å². The molecule has 2 amide bonds. The number of nitrogens with two attached hydrogens (primary N) is 1. The normalized spacial score (nSPS) is 11.4. The molecule has 11 heteroatoms. The zero-order valence-electron chi connectivity index (χ0n) is 19.1. The van der Waals surface area contributed by atoms with Gasteiger partial charge in [-0.05, 0) is 42.5 Å². The van der Waals surface area contributed by atoms with Crippen LogP contribution in [0.1, 0.15) is 26.6 Å². The van der Waals surface area contributed by atoms with Gasteiger partial charge in [0, 0.05) is 28.6 Å². The number of nitrogen functional groups attached to an aromatic ring is 1. The number of aromatic amines is 1. The first-order valence-corrected chi connectivity index (χ1v) is 11.3. The van der Waals surface area contributed by atoms with Crippen LogP contribution in [-0.4, -0.2) is 26.0 Å². The number of H-pyrrole nitrogens is 1. The number of benzene rings is 2. The summed E-state index contributed by atoms with van der Waals surface area (Å²) in [6.45, 7) is 6.00. The second-order valence-corrected chi connectivity index (χ2v) is 9.61. The molecule has 0 saturated carbocycles. The molecule has 0 unspecified atom stereocenters. The van der Waals surface area contributed by atoms with E-state index in [0.29, 0.717) is 44.2 Å². The zero-order valence-corrected chi connectivity index (χ0v) is 20.6. The number of amides is 2. The number of carbonyl (C=O) groups excluding carboxylic acids is 1. The summed E-state index contributed by atoms with van der Waals surface area (Å²) < 4.78 is 14.6. The van der Waals surface area contributed by atoms with Crippen LogP contribution in [0.3, 0.4) is 0 Å². The van der Waals surface area contributed by atoms with Gasteiger partial charge in [-0.3, -0.25) is 0 Å². The van der Waals surface area contributed by atoms with Crippen LogP contribution in [-0.2, 0) is 5.41 Å². The molecule has 4 aromatic rings. The second kappa shape index (κ2) is 9.52. The third-order valence-electron chi connectivity index (χ3n) is 4.95. The predicted molar refractivity (Wildman–Crippen MR) is 137 cm³/mol. The SMILES string of the molecule is CC(C)(C)c1nc(-c2cc(F)cc(NC(=O)Nc3ccc(Cl)c(Cl)c3)c2)c(-c2ccnc(N)n2)[nH]1. The molecule has 0 spiro atoms. The molecule has 0 saturated heterocycles. The highest BCUT2D eigenvalue weighted by atomic mass is 35.5. The van der Waals surface area contributed by atoms with E-state index in [9.17, 15) is 9.18 Å². The number of halogens is 3. The van der Waals surface area contributed by atoms with Crippen molar-refractivity contribution in [2.45, 2.75) is 26.2 Å². The molecule has 8 nitrogen and oxygen atoms in total. The summed E-state index contributed by atoms with van der Waals surface area (Å²) in [5, 5.41) is 5.93. The first kappa shape index (κ1) is 24.4. The van der Waals surface area contributed by atoms with E-state index in [1.54, 1.807) is 24.3 Å². The Morgan fingerprint density at radius 3 is 2.43 bits per heavy atom. The minimum absolute atomic E-state index is 0.0981. The quantitative estimate of drug-likeness (QED) is 0.248. The Bertz CT molecular complexity index is 1420. The van der Waals surface area contributed by atoms with Crippen molar-refractivity contribution in [1.82, 2.24) is 19.9 Å². The first-order chi connectivity index (χ1) is 16.5. The molecule has 0 fully saturated rings. The van der Waals surface area contributed by atoms with Crippen molar-refractivity contribution < 1.29 is 9.18 Å². The van der Waals surface area contributed by atoms with E-state index in [2.05, 4.69) is 25.6 Å². The Hall–Kier alpha value is -3.69. The van der Waals surface area contributed by atoms with E-state index < -0.39 is 11.8 Å². The van der Waals surface area contributed by atoms with Crippen LogP contribution in [0.4, 0.5) is 26.5 Å². The first-order valence-electron chi connectivity index (χ1n) is 10.5. The third-order valence-corrected chi connectivity index (χ3v) is 5.69. The van der Waals surface area contributed by atoms with E-state index in [4.69, 9.17) is 33.9 Å². The predicted octanol–water partition coefficient (Wildman–Crippen LogP) is 6.50. The van der Waals surface area contributed by atoms with Crippen LogP contribution in [0.2, 0.25) is 10.0 Å². The van der Waals surface area contributed by atoms with E-state index in [1.807, 2.05) is 20.8 Å². The van der Waals surface area contributed by atoms with Gasteiger partial charge in [-0.15, -0.1) is 0 Å². The summed E-state index contributed by atoms with van der Waals surface area (Å²) >= 11 is 11.9. The van der Waals surface area contributed by atoms with Crippen LogP contribution in [0, 0.1) is 5.82 Å². The lowest BCUT2D eigenvalue weighted by atomic mass is 9.96. The van der Waals surface area contributed by atoms with Crippen molar-refractivity contribution in [3.05, 3.63) is 70.3 Å². The van der Waals surface area contributed by atoms with Crippen LogP contribution in [0.15, 0.2) is 48.7 Å². The average molecular weight is 514 g/mol. The minimum atomic E-state index is -0.582. The van der Waals surface area contributed by atoms with E-state index in [1.165, 1.54) is 24.4 Å². The maximum atomic E-state index is 14.6. The Kier molecular flexibility index (Phi) is 6.64. The highest BCUT2D eigenvalue weighted by molar-refractivity contribution is 6.42. The lowest BCUT2D eigenvalue weighted by Crippen LogP contribution is -2.19. The molecule has 180 valence electrons. The molecule has 2 aromatic heterocycles. The number of rotatable bonds is 4. The van der Waals surface area contributed by atoms with Crippen LogP contribution < -0.4 is 16.4 Å². The maximum Gasteiger partial charge on any atom is 0.323 e. The van der Waals surface area contributed by atoms with E-state index in [-0.39, 0.29) is 17.1 Å². The van der Waals surface area contributed by atoms with Crippen LogP contribution in [0.25, 0.3) is 22.6 Å². The number of urea groups is 1. The fourth-order valence-electron chi connectivity index (χ4n) is 3.30. The molecule has 5 N–H and O–H groups in total. The van der Waals surface area contributed by atoms with E-state index in [0.717, 1.165) is 0 Å². The van der Waals surface area contributed by atoms with Crippen molar-refractivity contribution in [3.8, 4) is 22.6 Å². The lowest BCUT2D eigenvalue weighted by Gasteiger charge is -2.14. The number of nitrogens with one attached hydrogen (secondary N) is 3. The van der Waals surface area contributed by atoms with Gasteiger partial charge in [0.25, 0.3) is 0 Å². The van der Waals surface area contributed by atoms with Crippen molar-refractivity contribution >= 4 is 46.6 Å². The van der Waals surface area contributed by atoms with Gasteiger partial charge < -0.3 is 21.4 Å². The van der Waals surface area contributed by atoms with Crippen LogP contribution >= 0.6 is 23.2 Å². The highest BCUT2D eigenvalue weighted by Crippen LogP contribution is 2.34. The topological polar surface area (TPSA) is 122 Å². The molecular formula is C24H22Cl2FN7O.